The summed E-state index contributed by atoms with van der Waals surface area (Å²) < 4.78 is 1.08. The molecule has 4 heteroatoms. The molecule has 0 unspecified atom stereocenters. The largest absolute Gasteiger partial charge is 0.355 e. The van der Waals surface area contributed by atoms with Gasteiger partial charge in [0.25, 0.3) is 0 Å². The quantitative estimate of drug-likeness (QED) is 0.875. The smallest absolute Gasteiger partial charge is 0.234 e. The van der Waals surface area contributed by atoms with Crippen LogP contribution in [0.15, 0.2) is 28.7 Å². The van der Waals surface area contributed by atoms with Gasteiger partial charge in [0.15, 0.2) is 0 Å². The molecule has 0 saturated heterocycles. The first-order valence-corrected chi connectivity index (χ1v) is 6.61. The first-order valence-electron chi connectivity index (χ1n) is 5.82. The number of carbonyl (C=O) groups is 1. The van der Waals surface area contributed by atoms with Crippen molar-refractivity contribution in [2.45, 2.75) is 19.9 Å². The van der Waals surface area contributed by atoms with Gasteiger partial charge in [0, 0.05) is 17.6 Å². The molecule has 1 aromatic rings. The number of nitrogens with zero attached hydrogens (tertiary/aromatic N) is 1. The molecule has 3 nitrogen and oxygen atoms in total. The van der Waals surface area contributed by atoms with Gasteiger partial charge in [-0.2, -0.15) is 0 Å². The molecule has 1 N–H and O–H groups in total. The normalized spacial score (nSPS) is 10.6. The predicted octanol–water partition coefficient (Wildman–Crippen LogP) is 2.41. The van der Waals surface area contributed by atoms with Gasteiger partial charge in [-0.15, -0.1) is 0 Å². The van der Waals surface area contributed by atoms with Crippen molar-refractivity contribution in [3.05, 3.63) is 34.3 Å². The Morgan fingerprint density at radius 2 is 2.12 bits per heavy atom. The molecule has 94 valence electrons. The molecule has 0 saturated carbocycles. The molecule has 0 fully saturated rings. The average molecular weight is 299 g/mol. The number of hydrogen-bond donors (Lipinski definition) is 1. The minimum absolute atomic E-state index is 0.0846. The van der Waals surface area contributed by atoms with E-state index in [9.17, 15) is 4.79 Å². The van der Waals surface area contributed by atoms with Crippen molar-refractivity contribution in [1.29, 1.82) is 0 Å². The Labute approximate surface area is 111 Å². The van der Waals surface area contributed by atoms with Crippen LogP contribution in [0, 0.1) is 0 Å². The lowest BCUT2D eigenvalue weighted by atomic mass is 10.2. The van der Waals surface area contributed by atoms with Gasteiger partial charge < -0.3 is 5.32 Å². The van der Waals surface area contributed by atoms with Crippen LogP contribution in [0.5, 0.6) is 0 Å². The molecule has 0 aliphatic rings. The molecule has 1 aromatic carbocycles. The third-order valence-electron chi connectivity index (χ3n) is 2.38. The van der Waals surface area contributed by atoms with Crippen LogP contribution < -0.4 is 5.32 Å². The zero-order valence-electron chi connectivity index (χ0n) is 10.4. The second-order valence-corrected chi connectivity index (χ2v) is 4.97. The van der Waals surface area contributed by atoms with Crippen LogP contribution in [-0.2, 0) is 11.3 Å². The van der Waals surface area contributed by atoms with Gasteiger partial charge >= 0.3 is 0 Å². The van der Waals surface area contributed by atoms with E-state index in [1.165, 1.54) is 5.56 Å². The van der Waals surface area contributed by atoms with E-state index in [1.54, 1.807) is 0 Å². The van der Waals surface area contributed by atoms with E-state index in [0.29, 0.717) is 6.54 Å². The van der Waals surface area contributed by atoms with E-state index in [-0.39, 0.29) is 5.91 Å². The SMILES string of the molecule is CCCNC(=O)CN(C)Cc1ccccc1Br. The van der Waals surface area contributed by atoms with E-state index in [2.05, 4.69) is 27.3 Å². The minimum atomic E-state index is 0.0846. The van der Waals surface area contributed by atoms with Crippen LogP contribution in [0.3, 0.4) is 0 Å². The number of hydrogen-bond acceptors (Lipinski definition) is 2. The van der Waals surface area contributed by atoms with E-state index in [1.807, 2.05) is 37.1 Å². The summed E-state index contributed by atoms with van der Waals surface area (Å²) in [6.07, 6.45) is 0.972. The molecule has 0 radical (unpaired) electrons. The van der Waals surface area contributed by atoms with Gasteiger partial charge in [0.1, 0.15) is 0 Å². The highest BCUT2D eigenvalue weighted by Gasteiger charge is 2.07. The lowest BCUT2D eigenvalue weighted by molar-refractivity contribution is -0.122. The molecule has 17 heavy (non-hydrogen) atoms. The van der Waals surface area contributed by atoms with Gasteiger partial charge in [-0.05, 0) is 25.1 Å². The van der Waals surface area contributed by atoms with Crippen molar-refractivity contribution in [3.8, 4) is 0 Å². The van der Waals surface area contributed by atoms with E-state index >= 15 is 0 Å². The second kappa shape index (κ2) is 7.45. The average Bonchev–Trinajstić information content (AvgIpc) is 2.29. The van der Waals surface area contributed by atoms with Gasteiger partial charge in [-0.25, -0.2) is 0 Å². The number of benzene rings is 1. The summed E-state index contributed by atoms with van der Waals surface area (Å²) in [4.78, 5) is 13.5. The second-order valence-electron chi connectivity index (χ2n) is 4.11. The zero-order valence-corrected chi connectivity index (χ0v) is 12.0. The molecule has 0 bridgehead atoms. The van der Waals surface area contributed by atoms with Crippen molar-refractivity contribution in [1.82, 2.24) is 10.2 Å². The van der Waals surface area contributed by atoms with Gasteiger partial charge in [-0.1, -0.05) is 41.1 Å². The van der Waals surface area contributed by atoms with E-state index < -0.39 is 0 Å². The number of likely N-dealkylation sites (N-methyl/N-ethyl adjacent to an activating group) is 1. The fourth-order valence-electron chi connectivity index (χ4n) is 1.54. The van der Waals surface area contributed by atoms with Crippen LogP contribution in [0.2, 0.25) is 0 Å². The van der Waals surface area contributed by atoms with Crippen LogP contribution >= 0.6 is 15.9 Å². The Morgan fingerprint density at radius 1 is 1.41 bits per heavy atom. The topological polar surface area (TPSA) is 32.3 Å². The molecule has 0 aliphatic carbocycles. The fourth-order valence-corrected chi connectivity index (χ4v) is 1.95. The summed E-state index contributed by atoms with van der Waals surface area (Å²) in [5.41, 5.74) is 1.19. The van der Waals surface area contributed by atoms with Crippen molar-refractivity contribution >= 4 is 21.8 Å². The highest BCUT2D eigenvalue weighted by atomic mass is 79.9. The summed E-state index contributed by atoms with van der Waals surface area (Å²) in [6.45, 7) is 4.00. The van der Waals surface area contributed by atoms with E-state index in [4.69, 9.17) is 0 Å². The molecule has 0 spiro atoms. The number of halogens is 1. The number of rotatable bonds is 6. The maximum atomic E-state index is 11.5. The lowest BCUT2D eigenvalue weighted by Gasteiger charge is -2.17. The first kappa shape index (κ1) is 14.2. The number of carbonyl (C=O) groups excluding carboxylic acids is 1. The van der Waals surface area contributed by atoms with Crippen molar-refractivity contribution in [3.63, 3.8) is 0 Å². The summed E-state index contributed by atoms with van der Waals surface area (Å²) >= 11 is 3.51. The van der Waals surface area contributed by atoms with E-state index in [0.717, 1.165) is 24.0 Å². The minimum Gasteiger partial charge on any atom is -0.355 e. The highest BCUT2D eigenvalue weighted by molar-refractivity contribution is 9.10. The Morgan fingerprint density at radius 3 is 2.76 bits per heavy atom. The molecule has 1 rings (SSSR count). The van der Waals surface area contributed by atoms with Crippen LogP contribution in [-0.4, -0.2) is 30.9 Å². The van der Waals surface area contributed by atoms with Crippen LogP contribution in [0.25, 0.3) is 0 Å². The van der Waals surface area contributed by atoms with Gasteiger partial charge in [0.2, 0.25) is 5.91 Å². The molecule has 0 heterocycles. The molecule has 1 amide bonds. The third-order valence-corrected chi connectivity index (χ3v) is 3.16. The Kier molecular flexibility index (Phi) is 6.22. The maximum Gasteiger partial charge on any atom is 0.234 e. The zero-order chi connectivity index (χ0) is 12.7. The standard InChI is InChI=1S/C13H19BrN2O/c1-3-8-15-13(17)10-16(2)9-11-6-4-5-7-12(11)14/h4-7H,3,8-10H2,1-2H3,(H,15,17). The van der Waals surface area contributed by atoms with Crippen molar-refractivity contribution in [2.24, 2.45) is 0 Å². The Hall–Kier alpha value is -0.870. The Bertz CT molecular complexity index is 368. The molecule has 0 atom stereocenters. The molecule has 0 aromatic heterocycles. The van der Waals surface area contributed by atoms with Crippen molar-refractivity contribution in [2.75, 3.05) is 20.1 Å². The van der Waals surface area contributed by atoms with Gasteiger partial charge in [0.05, 0.1) is 6.54 Å². The molecular weight excluding hydrogens is 280 g/mol. The first-order chi connectivity index (χ1) is 8.13. The Balaban J connectivity index is 2.42. The highest BCUT2D eigenvalue weighted by Crippen LogP contribution is 2.16. The molecular formula is C13H19BrN2O. The van der Waals surface area contributed by atoms with Crippen molar-refractivity contribution < 1.29 is 4.79 Å². The molecule has 0 aliphatic heterocycles. The van der Waals surface area contributed by atoms with Crippen LogP contribution in [0.4, 0.5) is 0 Å². The fraction of sp³-hybridized carbons (Fsp3) is 0.462. The van der Waals surface area contributed by atoms with Gasteiger partial charge in [-0.3, -0.25) is 9.69 Å². The summed E-state index contributed by atoms with van der Waals surface area (Å²) in [5.74, 6) is 0.0846. The monoisotopic (exact) mass is 298 g/mol. The number of amides is 1. The summed E-state index contributed by atoms with van der Waals surface area (Å²) in [7, 11) is 1.95. The van der Waals surface area contributed by atoms with Crippen LogP contribution in [0.1, 0.15) is 18.9 Å². The predicted molar refractivity (Wildman–Crippen MR) is 73.8 cm³/mol. The lowest BCUT2D eigenvalue weighted by Crippen LogP contribution is -2.35. The number of nitrogens with one attached hydrogen (secondary N) is 1. The third kappa shape index (κ3) is 5.33. The maximum absolute atomic E-state index is 11.5. The summed E-state index contributed by atoms with van der Waals surface area (Å²) in [5, 5.41) is 2.87. The summed E-state index contributed by atoms with van der Waals surface area (Å²) in [6, 6.07) is 8.07.